The molecule has 0 radical (unpaired) electrons. The minimum absolute atomic E-state index is 0.00714. The largest absolute Gasteiger partial charge is 0.491 e. The van der Waals surface area contributed by atoms with Crippen molar-refractivity contribution in [3.05, 3.63) is 59.7 Å². The summed E-state index contributed by atoms with van der Waals surface area (Å²) in [5, 5.41) is 6.76. The minimum Gasteiger partial charge on any atom is -0.491 e. The Morgan fingerprint density at radius 2 is 2.09 bits per heavy atom. The van der Waals surface area contributed by atoms with Crippen LogP contribution in [0.2, 0.25) is 5.02 Å². The minimum atomic E-state index is -0.499. The average molecular weight is 498 g/mol. The highest BCUT2D eigenvalue weighted by atomic mass is 35.5. The molecule has 0 aliphatic heterocycles. The molecule has 1 amide bonds. The lowest BCUT2D eigenvalue weighted by Crippen LogP contribution is -2.13. The van der Waals surface area contributed by atoms with Crippen LogP contribution in [0.5, 0.6) is 5.75 Å². The monoisotopic (exact) mass is 497 g/mol. The predicted molar refractivity (Wildman–Crippen MR) is 138 cm³/mol. The van der Waals surface area contributed by atoms with Gasteiger partial charge in [-0.3, -0.25) is 4.79 Å². The molecule has 1 fully saturated rings. The highest BCUT2D eigenvalue weighted by molar-refractivity contribution is 6.31. The van der Waals surface area contributed by atoms with Crippen molar-refractivity contribution in [3.63, 3.8) is 0 Å². The van der Waals surface area contributed by atoms with Crippen molar-refractivity contribution >= 4 is 45.6 Å². The first kappa shape index (κ1) is 24.9. The molecule has 1 heterocycles. The molecule has 9 heteroatoms. The van der Waals surface area contributed by atoms with Crippen LogP contribution in [0.4, 0.5) is 21.6 Å². The summed E-state index contributed by atoms with van der Waals surface area (Å²) in [7, 11) is 3.87. The Kier molecular flexibility index (Phi) is 8.15. The van der Waals surface area contributed by atoms with Gasteiger partial charge in [-0.25, -0.2) is 14.4 Å². The Bertz CT molecular complexity index is 1230. The molecule has 1 aliphatic rings. The number of rotatable bonds is 11. The molecule has 0 bridgehead atoms. The van der Waals surface area contributed by atoms with Gasteiger partial charge in [0, 0.05) is 29.8 Å². The molecule has 1 aliphatic carbocycles. The zero-order chi connectivity index (χ0) is 24.8. The fourth-order valence-corrected chi connectivity index (χ4v) is 3.80. The number of hydrogen-bond donors (Lipinski definition) is 2. The number of anilines is 3. The van der Waals surface area contributed by atoms with Crippen LogP contribution in [0.25, 0.3) is 10.9 Å². The standard InChI is InChI=1S/C26H29ClFN5O2/c1-33(2)11-3-6-25(34)32-23-14-19-22(15-24(23)35-12-4-5-17-7-8-17)29-16-30-26(19)31-18-9-10-21(28)20(27)13-18/h3,6,9-10,13-17H,4-5,7-8,11-12H2,1-2H3,(H,32,34)(H,29,30,31). The van der Waals surface area contributed by atoms with Crippen LogP contribution >= 0.6 is 11.6 Å². The SMILES string of the molecule is CN(C)CC=CC(=O)Nc1cc2c(Nc3ccc(F)c(Cl)c3)ncnc2cc1OCCCC1CC1. The lowest BCUT2D eigenvalue weighted by atomic mass is 10.1. The summed E-state index contributed by atoms with van der Waals surface area (Å²) < 4.78 is 19.6. The van der Waals surface area contributed by atoms with Crippen LogP contribution in [-0.4, -0.2) is 48.0 Å². The maximum absolute atomic E-state index is 13.6. The summed E-state index contributed by atoms with van der Waals surface area (Å²) in [5.74, 6) is 1.12. The van der Waals surface area contributed by atoms with Gasteiger partial charge >= 0.3 is 0 Å². The van der Waals surface area contributed by atoms with Crippen molar-refractivity contribution in [2.24, 2.45) is 5.92 Å². The molecule has 0 spiro atoms. The fourth-order valence-electron chi connectivity index (χ4n) is 3.62. The van der Waals surface area contributed by atoms with Crippen molar-refractivity contribution in [2.75, 3.05) is 37.9 Å². The summed E-state index contributed by atoms with van der Waals surface area (Å²) in [6.07, 6.45) is 9.46. The number of aromatic nitrogens is 2. The van der Waals surface area contributed by atoms with Gasteiger partial charge in [0.1, 0.15) is 23.7 Å². The molecule has 2 aromatic carbocycles. The van der Waals surface area contributed by atoms with E-state index in [9.17, 15) is 9.18 Å². The molecule has 2 N–H and O–H groups in total. The Balaban J connectivity index is 1.61. The van der Waals surface area contributed by atoms with E-state index in [4.69, 9.17) is 16.3 Å². The molecule has 1 aromatic heterocycles. The van der Waals surface area contributed by atoms with Gasteiger partial charge in [0.25, 0.3) is 0 Å². The number of benzene rings is 2. The number of carbonyl (C=O) groups is 1. The van der Waals surface area contributed by atoms with Gasteiger partial charge in [-0.05, 0) is 57.1 Å². The zero-order valence-corrected chi connectivity index (χ0v) is 20.6. The van der Waals surface area contributed by atoms with Gasteiger partial charge in [-0.1, -0.05) is 30.5 Å². The number of fused-ring (bicyclic) bond motifs is 1. The summed E-state index contributed by atoms with van der Waals surface area (Å²) in [5.41, 5.74) is 1.75. The normalized spacial score (nSPS) is 13.5. The lowest BCUT2D eigenvalue weighted by molar-refractivity contribution is -0.111. The van der Waals surface area contributed by atoms with E-state index in [0.717, 1.165) is 18.8 Å². The molecule has 1 saturated carbocycles. The predicted octanol–water partition coefficient (Wildman–Crippen LogP) is 5.79. The number of nitrogens with zero attached hydrogens (tertiary/aromatic N) is 3. The van der Waals surface area contributed by atoms with Crippen molar-refractivity contribution in [1.29, 1.82) is 0 Å². The zero-order valence-electron chi connectivity index (χ0n) is 19.9. The molecule has 7 nitrogen and oxygen atoms in total. The van der Waals surface area contributed by atoms with Crippen LogP contribution in [0.1, 0.15) is 25.7 Å². The van der Waals surface area contributed by atoms with E-state index in [2.05, 4.69) is 20.6 Å². The second-order valence-electron chi connectivity index (χ2n) is 8.93. The lowest BCUT2D eigenvalue weighted by Gasteiger charge is -2.15. The van der Waals surface area contributed by atoms with Crippen LogP contribution in [0.3, 0.4) is 0 Å². The second-order valence-corrected chi connectivity index (χ2v) is 9.34. The van der Waals surface area contributed by atoms with E-state index >= 15 is 0 Å². The molecule has 0 atom stereocenters. The summed E-state index contributed by atoms with van der Waals surface area (Å²) >= 11 is 5.93. The molecule has 184 valence electrons. The maximum Gasteiger partial charge on any atom is 0.248 e. The Morgan fingerprint density at radius 3 is 2.83 bits per heavy atom. The number of amides is 1. The molecule has 4 rings (SSSR count). The van der Waals surface area contributed by atoms with Crippen LogP contribution in [0, 0.1) is 11.7 Å². The third kappa shape index (κ3) is 7.13. The first-order valence-corrected chi connectivity index (χ1v) is 12.0. The van der Waals surface area contributed by atoms with E-state index in [-0.39, 0.29) is 10.9 Å². The number of hydrogen-bond acceptors (Lipinski definition) is 6. The summed E-state index contributed by atoms with van der Waals surface area (Å²) in [4.78, 5) is 23.3. The molecule has 0 unspecified atom stereocenters. The highest BCUT2D eigenvalue weighted by Gasteiger charge is 2.20. The molecular weight excluding hydrogens is 469 g/mol. The van der Waals surface area contributed by atoms with Crippen molar-refractivity contribution in [1.82, 2.24) is 14.9 Å². The van der Waals surface area contributed by atoms with Gasteiger partial charge < -0.3 is 20.3 Å². The molecule has 35 heavy (non-hydrogen) atoms. The van der Waals surface area contributed by atoms with Crippen molar-refractivity contribution < 1.29 is 13.9 Å². The Morgan fingerprint density at radius 1 is 1.26 bits per heavy atom. The topological polar surface area (TPSA) is 79.4 Å². The van der Waals surface area contributed by atoms with E-state index < -0.39 is 5.82 Å². The summed E-state index contributed by atoms with van der Waals surface area (Å²) in [6, 6.07) is 7.94. The van der Waals surface area contributed by atoms with E-state index in [1.54, 1.807) is 24.3 Å². The first-order valence-electron chi connectivity index (χ1n) is 11.6. The number of halogens is 2. The maximum atomic E-state index is 13.6. The Labute approximate surface area is 209 Å². The number of nitrogens with one attached hydrogen (secondary N) is 2. The van der Waals surface area contributed by atoms with E-state index in [1.807, 2.05) is 19.0 Å². The Hall–Kier alpha value is -3.23. The third-order valence-electron chi connectivity index (χ3n) is 5.63. The number of carbonyl (C=O) groups excluding carboxylic acids is 1. The number of ether oxygens (including phenoxy) is 1. The quantitative estimate of drug-likeness (QED) is 0.258. The van der Waals surface area contributed by atoms with Gasteiger partial charge in [-0.2, -0.15) is 0 Å². The van der Waals surface area contributed by atoms with Gasteiger partial charge in [0.05, 0.1) is 22.8 Å². The molecular formula is C26H29ClFN5O2. The van der Waals surface area contributed by atoms with Crippen LogP contribution in [0.15, 0.2) is 48.8 Å². The van der Waals surface area contributed by atoms with Crippen LogP contribution in [-0.2, 0) is 4.79 Å². The number of likely N-dealkylation sites (N-methyl/N-ethyl adjacent to an activating group) is 1. The average Bonchev–Trinajstić information content (AvgIpc) is 3.64. The smallest absolute Gasteiger partial charge is 0.248 e. The van der Waals surface area contributed by atoms with Crippen molar-refractivity contribution in [3.8, 4) is 5.75 Å². The first-order chi connectivity index (χ1) is 16.9. The van der Waals surface area contributed by atoms with Gasteiger partial charge in [0.15, 0.2) is 0 Å². The van der Waals surface area contributed by atoms with Crippen LogP contribution < -0.4 is 15.4 Å². The fraction of sp³-hybridized carbons (Fsp3) is 0.346. The molecule has 0 saturated heterocycles. The summed E-state index contributed by atoms with van der Waals surface area (Å²) in [6.45, 7) is 1.21. The van der Waals surface area contributed by atoms with Gasteiger partial charge in [0.2, 0.25) is 5.91 Å². The van der Waals surface area contributed by atoms with E-state index in [0.29, 0.717) is 47.0 Å². The van der Waals surface area contributed by atoms with Crippen molar-refractivity contribution in [2.45, 2.75) is 25.7 Å². The van der Waals surface area contributed by atoms with Gasteiger partial charge in [-0.15, -0.1) is 0 Å². The highest BCUT2D eigenvalue weighted by Crippen LogP contribution is 2.35. The van der Waals surface area contributed by atoms with E-state index in [1.165, 1.54) is 37.4 Å². The second kappa shape index (κ2) is 11.5. The third-order valence-corrected chi connectivity index (χ3v) is 5.92. The molecule has 3 aromatic rings.